The summed E-state index contributed by atoms with van der Waals surface area (Å²) >= 11 is 5.30. The summed E-state index contributed by atoms with van der Waals surface area (Å²) in [6, 6.07) is 10.8. The molecule has 0 bridgehead atoms. The zero-order chi connectivity index (χ0) is 18.6. The maximum Gasteiger partial charge on any atom is 0.191 e. The van der Waals surface area contributed by atoms with E-state index in [2.05, 4.69) is 27.8 Å². The summed E-state index contributed by atoms with van der Waals surface area (Å²) in [5.41, 5.74) is 5.63. The Morgan fingerprint density at radius 2 is 1.88 bits per heavy atom. The third-order valence-electron chi connectivity index (χ3n) is 3.93. The van der Waals surface area contributed by atoms with Crippen LogP contribution >= 0.6 is 12.2 Å². The van der Waals surface area contributed by atoms with Crippen LogP contribution in [0.4, 0.5) is 5.69 Å². The van der Waals surface area contributed by atoms with Gasteiger partial charge < -0.3 is 10.4 Å². The summed E-state index contributed by atoms with van der Waals surface area (Å²) < 4.78 is 0. The Morgan fingerprint density at radius 3 is 2.58 bits per heavy atom. The number of aromatic nitrogens is 1. The highest BCUT2D eigenvalue weighted by Gasteiger charge is 2.05. The van der Waals surface area contributed by atoms with Gasteiger partial charge >= 0.3 is 0 Å². The van der Waals surface area contributed by atoms with Crippen LogP contribution in [0.1, 0.15) is 51.0 Å². The highest BCUT2D eigenvalue weighted by Crippen LogP contribution is 2.14. The van der Waals surface area contributed by atoms with Crippen molar-refractivity contribution in [1.82, 2.24) is 10.4 Å². The van der Waals surface area contributed by atoms with E-state index < -0.39 is 0 Å². The largest absolute Gasteiger partial charge is 0.508 e. The normalized spacial score (nSPS) is 11.2. The van der Waals surface area contributed by atoms with E-state index in [-0.39, 0.29) is 5.75 Å². The number of nitrogens with zero attached hydrogens (tertiary/aromatic N) is 2. The molecular weight excluding hydrogens is 344 g/mol. The first-order chi connectivity index (χ1) is 12.7. The van der Waals surface area contributed by atoms with Crippen molar-refractivity contribution in [2.24, 2.45) is 5.10 Å². The molecule has 0 fully saturated rings. The average molecular weight is 371 g/mol. The number of thiocarbonyl (C=S) groups is 1. The van der Waals surface area contributed by atoms with Gasteiger partial charge in [0.25, 0.3) is 0 Å². The third-order valence-corrected chi connectivity index (χ3v) is 4.12. The van der Waals surface area contributed by atoms with E-state index in [0.717, 1.165) is 29.8 Å². The van der Waals surface area contributed by atoms with E-state index in [9.17, 15) is 5.11 Å². The predicted molar refractivity (Wildman–Crippen MR) is 112 cm³/mol. The van der Waals surface area contributed by atoms with E-state index in [4.69, 9.17) is 12.2 Å². The molecule has 26 heavy (non-hydrogen) atoms. The van der Waals surface area contributed by atoms with Crippen LogP contribution in [0.15, 0.2) is 53.9 Å². The van der Waals surface area contributed by atoms with Crippen molar-refractivity contribution in [1.29, 1.82) is 0 Å². The third kappa shape index (κ3) is 7.19. The van der Waals surface area contributed by atoms with Gasteiger partial charge in [-0.2, -0.15) is 5.10 Å². The van der Waals surface area contributed by atoms with Gasteiger partial charge in [0, 0.05) is 6.20 Å². The Bertz CT molecular complexity index is 702. The molecule has 6 heteroatoms. The number of phenols is 1. The number of pyridine rings is 1. The summed E-state index contributed by atoms with van der Waals surface area (Å²) in [5.74, 6) is 0.248. The molecule has 2 aromatic rings. The van der Waals surface area contributed by atoms with Gasteiger partial charge in [0.1, 0.15) is 5.75 Å². The van der Waals surface area contributed by atoms with Crippen molar-refractivity contribution in [2.45, 2.75) is 45.4 Å². The Hall–Kier alpha value is -2.47. The number of aromatic hydroxyl groups is 1. The van der Waals surface area contributed by atoms with Crippen molar-refractivity contribution in [3.8, 4) is 5.75 Å². The van der Waals surface area contributed by atoms with Gasteiger partial charge in [0.15, 0.2) is 5.11 Å². The van der Waals surface area contributed by atoms with Crippen molar-refractivity contribution in [2.75, 3.05) is 5.32 Å². The Kier molecular flexibility index (Phi) is 8.55. The zero-order valence-corrected chi connectivity index (χ0v) is 15.9. The predicted octanol–water partition coefficient (Wildman–Crippen LogP) is 4.84. The maximum atomic E-state index is 9.50. The molecule has 2 rings (SSSR count). The van der Waals surface area contributed by atoms with Crippen molar-refractivity contribution >= 4 is 28.7 Å². The molecule has 3 N–H and O–H groups in total. The lowest BCUT2D eigenvalue weighted by atomic mass is 10.0. The van der Waals surface area contributed by atoms with Crippen LogP contribution in [-0.2, 0) is 0 Å². The number of unbranched alkanes of at least 4 members (excludes halogenated alkanes) is 4. The van der Waals surface area contributed by atoms with E-state index in [1.54, 1.807) is 24.5 Å². The van der Waals surface area contributed by atoms with E-state index >= 15 is 0 Å². The Morgan fingerprint density at radius 1 is 1.12 bits per heavy atom. The molecule has 0 aliphatic heterocycles. The molecule has 1 aromatic heterocycles. The zero-order valence-electron chi connectivity index (χ0n) is 15.1. The minimum Gasteiger partial charge on any atom is -0.508 e. The first kappa shape index (κ1) is 19.8. The minimum atomic E-state index is 0.248. The van der Waals surface area contributed by atoms with Crippen LogP contribution in [0.2, 0.25) is 0 Å². The standard InChI is InChI=1S/C20H26N4OS/c1-2-3-4-5-6-9-19(16-10-12-18(25)13-11-16)23-24-20(26)22-17-8-7-14-21-15-17/h7-8,10-15,25H,2-6,9H2,1H3,(H2,22,24,26)/b23-19-. The number of hydrogen-bond donors (Lipinski definition) is 3. The van der Waals surface area contributed by atoms with Crippen LogP contribution in [0.25, 0.3) is 0 Å². The highest BCUT2D eigenvalue weighted by atomic mass is 32.1. The fourth-order valence-corrected chi connectivity index (χ4v) is 2.69. The van der Waals surface area contributed by atoms with Gasteiger partial charge in [-0.1, -0.05) is 32.6 Å². The second-order valence-electron chi connectivity index (χ2n) is 6.08. The van der Waals surface area contributed by atoms with E-state index in [1.165, 1.54) is 25.7 Å². The molecule has 0 aliphatic carbocycles. The molecule has 1 heterocycles. The van der Waals surface area contributed by atoms with Gasteiger partial charge in [-0.25, -0.2) is 0 Å². The Labute approximate surface area is 160 Å². The molecule has 138 valence electrons. The van der Waals surface area contributed by atoms with Crippen LogP contribution in [0.3, 0.4) is 0 Å². The molecule has 0 unspecified atom stereocenters. The van der Waals surface area contributed by atoms with Crippen LogP contribution in [-0.4, -0.2) is 20.9 Å². The van der Waals surface area contributed by atoms with Crippen LogP contribution in [0, 0.1) is 0 Å². The van der Waals surface area contributed by atoms with Crippen molar-refractivity contribution in [3.05, 3.63) is 54.4 Å². The number of phenolic OH excluding ortho intramolecular Hbond substituents is 1. The number of rotatable bonds is 9. The van der Waals surface area contributed by atoms with Crippen LogP contribution < -0.4 is 10.7 Å². The lowest BCUT2D eigenvalue weighted by Gasteiger charge is -2.10. The first-order valence-electron chi connectivity index (χ1n) is 9.02. The topological polar surface area (TPSA) is 69.5 Å². The second kappa shape index (κ2) is 11.2. The fourth-order valence-electron chi connectivity index (χ4n) is 2.53. The summed E-state index contributed by atoms with van der Waals surface area (Å²) in [6.45, 7) is 2.21. The summed E-state index contributed by atoms with van der Waals surface area (Å²) in [6.07, 6.45) is 10.3. The molecule has 0 aliphatic rings. The van der Waals surface area contributed by atoms with Gasteiger partial charge in [-0.05, 0) is 67.0 Å². The van der Waals surface area contributed by atoms with Gasteiger partial charge in [0.2, 0.25) is 0 Å². The number of hydrazone groups is 1. The van der Waals surface area contributed by atoms with Gasteiger partial charge in [-0.15, -0.1) is 0 Å². The van der Waals surface area contributed by atoms with Crippen LogP contribution in [0.5, 0.6) is 5.75 Å². The van der Waals surface area contributed by atoms with Crippen molar-refractivity contribution < 1.29 is 5.11 Å². The van der Waals surface area contributed by atoms with E-state index in [0.29, 0.717) is 5.11 Å². The lowest BCUT2D eigenvalue weighted by Crippen LogP contribution is -2.25. The first-order valence-corrected chi connectivity index (χ1v) is 9.43. The number of benzene rings is 1. The number of nitrogens with one attached hydrogen (secondary N) is 2. The smallest absolute Gasteiger partial charge is 0.191 e. The second-order valence-corrected chi connectivity index (χ2v) is 6.49. The monoisotopic (exact) mass is 370 g/mol. The molecular formula is C20H26N4OS. The van der Waals surface area contributed by atoms with Gasteiger partial charge in [0.05, 0.1) is 17.6 Å². The average Bonchev–Trinajstić information content (AvgIpc) is 2.66. The molecule has 0 radical (unpaired) electrons. The summed E-state index contributed by atoms with van der Waals surface area (Å²) in [5, 5.41) is 17.5. The van der Waals surface area contributed by atoms with E-state index in [1.807, 2.05) is 24.3 Å². The number of anilines is 1. The molecule has 0 atom stereocenters. The quantitative estimate of drug-likeness (QED) is 0.255. The van der Waals surface area contributed by atoms with Crippen molar-refractivity contribution in [3.63, 3.8) is 0 Å². The summed E-state index contributed by atoms with van der Waals surface area (Å²) in [4.78, 5) is 4.04. The molecule has 1 aromatic carbocycles. The minimum absolute atomic E-state index is 0.248. The molecule has 0 saturated heterocycles. The number of hydrogen-bond acceptors (Lipinski definition) is 4. The maximum absolute atomic E-state index is 9.50. The fraction of sp³-hybridized carbons (Fsp3) is 0.350. The van der Waals surface area contributed by atoms with Gasteiger partial charge in [-0.3, -0.25) is 10.4 Å². The SMILES string of the molecule is CCCCCCC/C(=N/NC(=S)Nc1cccnc1)c1ccc(O)cc1. The Balaban J connectivity index is 1.98. The molecule has 0 saturated carbocycles. The highest BCUT2D eigenvalue weighted by molar-refractivity contribution is 7.80. The summed E-state index contributed by atoms with van der Waals surface area (Å²) in [7, 11) is 0. The molecule has 0 spiro atoms. The molecule has 5 nitrogen and oxygen atoms in total. The molecule has 0 amide bonds. The lowest BCUT2D eigenvalue weighted by molar-refractivity contribution is 0.475.